The number of methoxy groups -OCH3 is 1. The molecule has 262 valence electrons. The SMILES string of the molecule is C=N/C=C(/Br)C(=Nc1ccc(-c2ncc(CCC)cn2)cc1P(C)C)Nc1cc(CC)c(N2CCC(N3CCN(C)CC3)CC2)cc1OC. The Kier molecular flexibility index (Phi) is 13.4. The Morgan fingerprint density at radius 2 is 1.78 bits per heavy atom. The summed E-state index contributed by atoms with van der Waals surface area (Å²) < 4.78 is 6.70. The maximum atomic E-state index is 6.01. The number of aliphatic imine (C=N–C) groups is 2. The molecule has 0 radical (unpaired) electrons. The summed E-state index contributed by atoms with van der Waals surface area (Å²) in [5.74, 6) is 2.13. The van der Waals surface area contributed by atoms with Gasteiger partial charge in [-0.1, -0.05) is 28.2 Å². The fourth-order valence-electron chi connectivity index (χ4n) is 6.68. The quantitative estimate of drug-likeness (QED) is 0.118. The van der Waals surface area contributed by atoms with Crippen molar-refractivity contribution in [3.63, 3.8) is 0 Å². The molecule has 0 bridgehead atoms. The first-order valence-electron chi connectivity index (χ1n) is 17.4. The number of likely N-dealkylation sites (N-methyl/N-ethyl adjacent to an activating group) is 1. The maximum Gasteiger partial charge on any atom is 0.159 e. The van der Waals surface area contributed by atoms with Crippen LogP contribution in [-0.4, -0.2) is 105 Å². The second kappa shape index (κ2) is 17.7. The average Bonchev–Trinajstić information content (AvgIpc) is 3.12. The third-order valence-corrected chi connectivity index (χ3v) is 11.4. The zero-order valence-corrected chi connectivity index (χ0v) is 32.5. The van der Waals surface area contributed by atoms with Crippen LogP contribution in [0.3, 0.4) is 0 Å². The van der Waals surface area contributed by atoms with Gasteiger partial charge in [0.05, 0.1) is 23.0 Å². The second-order valence-corrected chi connectivity index (χ2v) is 16.2. The highest BCUT2D eigenvalue weighted by Gasteiger charge is 2.28. The summed E-state index contributed by atoms with van der Waals surface area (Å²) in [6.07, 6.45) is 10.9. The molecule has 2 fully saturated rings. The standard InChI is InChI=1S/C38H52BrN8OP/c1-8-10-27-24-41-37(42-25-27)29-11-12-32(36(22-29)49(6)7)43-38(31(39)26-40-3)44-33-21-28(9-2)34(23-35(33)48-5)47-15-13-30(14-16-47)46-19-17-45(4)18-20-46/h11-12,21-26,30H,3,8-10,13-20H2,1-2,4-7H3,(H,43,44)/b31-26+. The Hall–Kier alpha value is -3.17. The number of halogens is 1. The number of nitrogens with zero attached hydrogens (tertiary/aromatic N) is 7. The van der Waals surface area contributed by atoms with Gasteiger partial charge in [0.25, 0.3) is 0 Å². The zero-order valence-electron chi connectivity index (χ0n) is 30.0. The Morgan fingerprint density at radius 1 is 1.06 bits per heavy atom. The molecule has 5 rings (SSSR count). The molecule has 11 heteroatoms. The molecule has 2 aromatic carbocycles. The minimum Gasteiger partial charge on any atom is -0.494 e. The molecule has 0 unspecified atom stereocenters. The number of rotatable bonds is 12. The van der Waals surface area contributed by atoms with Crippen LogP contribution in [0, 0.1) is 0 Å². The molecule has 0 atom stereocenters. The Bertz CT molecular complexity index is 1630. The fourth-order valence-corrected chi connectivity index (χ4v) is 8.00. The number of ether oxygens (including phenoxy) is 1. The molecule has 1 N–H and O–H groups in total. The van der Waals surface area contributed by atoms with Gasteiger partial charge in [0, 0.05) is 86.5 Å². The number of piperazine rings is 1. The number of aromatic nitrogens is 2. The smallest absolute Gasteiger partial charge is 0.159 e. The van der Waals surface area contributed by atoms with E-state index in [1.54, 1.807) is 13.3 Å². The molecular formula is C38H52BrN8OP. The average molecular weight is 748 g/mol. The number of aryl methyl sites for hydroxylation is 2. The van der Waals surface area contributed by atoms with Crippen LogP contribution in [-0.2, 0) is 12.8 Å². The van der Waals surface area contributed by atoms with Crippen molar-refractivity contribution in [3.8, 4) is 17.1 Å². The molecule has 9 nitrogen and oxygen atoms in total. The lowest BCUT2D eigenvalue weighted by Crippen LogP contribution is -2.52. The molecule has 49 heavy (non-hydrogen) atoms. The monoisotopic (exact) mass is 746 g/mol. The molecule has 2 aliphatic heterocycles. The predicted molar refractivity (Wildman–Crippen MR) is 214 cm³/mol. The van der Waals surface area contributed by atoms with Crippen LogP contribution in [0.5, 0.6) is 5.75 Å². The van der Waals surface area contributed by atoms with Gasteiger partial charge in [-0.15, -0.1) is 0 Å². The van der Waals surface area contributed by atoms with Crippen LogP contribution in [0.25, 0.3) is 11.4 Å². The number of nitrogens with one attached hydrogen (secondary N) is 1. The van der Waals surface area contributed by atoms with Gasteiger partial charge in [-0.05, 0) is 104 Å². The number of amidine groups is 1. The van der Waals surface area contributed by atoms with Crippen molar-refractivity contribution in [1.82, 2.24) is 19.8 Å². The van der Waals surface area contributed by atoms with Crippen molar-refractivity contribution in [2.75, 3.05) is 77.0 Å². The normalized spacial score (nSPS) is 17.1. The van der Waals surface area contributed by atoms with E-state index in [4.69, 9.17) is 9.73 Å². The van der Waals surface area contributed by atoms with Crippen molar-refractivity contribution in [2.24, 2.45) is 9.98 Å². The molecule has 2 saturated heterocycles. The minimum absolute atomic E-state index is 0.487. The largest absolute Gasteiger partial charge is 0.494 e. The van der Waals surface area contributed by atoms with E-state index in [0.29, 0.717) is 16.4 Å². The lowest BCUT2D eigenvalue weighted by Gasteiger charge is -2.43. The molecule has 0 aliphatic carbocycles. The van der Waals surface area contributed by atoms with Crippen LogP contribution < -0.4 is 20.3 Å². The molecule has 1 aromatic heterocycles. The Morgan fingerprint density at radius 3 is 2.39 bits per heavy atom. The summed E-state index contributed by atoms with van der Waals surface area (Å²) >= 11 is 3.72. The molecule has 2 aliphatic rings. The van der Waals surface area contributed by atoms with Crippen molar-refractivity contribution in [1.29, 1.82) is 0 Å². The highest BCUT2D eigenvalue weighted by molar-refractivity contribution is 9.12. The highest BCUT2D eigenvalue weighted by atomic mass is 79.9. The van der Waals surface area contributed by atoms with E-state index in [9.17, 15) is 0 Å². The van der Waals surface area contributed by atoms with E-state index in [0.717, 1.165) is 71.7 Å². The van der Waals surface area contributed by atoms with E-state index < -0.39 is 7.92 Å². The first-order valence-corrected chi connectivity index (χ1v) is 20.5. The van der Waals surface area contributed by atoms with Gasteiger partial charge in [0.2, 0.25) is 0 Å². The van der Waals surface area contributed by atoms with Crippen LogP contribution in [0.1, 0.15) is 44.2 Å². The van der Waals surface area contributed by atoms with E-state index in [-0.39, 0.29) is 0 Å². The summed E-state index contributed by atoms with van der Waals surface area (Å²) in [5, 5.41) is 4.76. The maximum absolute atomic E-state index is 6.01. The number of piperidine rings is 1. The van der Waals surface area contributed by atoms with Gasteiger partial charge < -0.3 is 19.9 Å². The van der Waals surface area contributed by atoms with Crippen LogP contribution in [0.2, 0.25) is 0 Å². The number of hydrogen-bond acceptors (Lipinski definition) is 8. The number of hydrogen-bond donors (Lipinski definition) is 1. The van der Waals surface area contributed by atoms with Crippen molar-refractivity contribution in [2.45, 2.75) is 52.0 Å². The molecule has 0 spiro atoms. The van der Waals surface area contributed by atoms with E-state index in [1.165, 1.54) is 50.3 Å². The van der Waals surface area contributed by atoms with Gasteiger partial charge in [-0.2, -0.15) is 0 Å². The molecule has 0 saturated carbocycles. The summed E-state index contributed by atoms with van der Waals surface area (Å²) in [5.41, 5.74) is 6.43. The van der Waals surface area contributed by atoms with Crippen molar-refractivity contribution >= 4 is 58.8 Å². The third kappa shape index (κ3) is 9.34. The number of benzene rings is 2. The molecular weight excluding hydrogens is 695 g/mol. The first kappa shape index (κ1) is 37.1. The lowest BCUT2D eigenvalue weighted by molar-refractivity contribution is 0.0982. The van der Waals surface area contributed by atoms with Gasteiger partial charge >= 0.3 is 0 Å². The van der Waals surface area contributed by atoms with Gasteiger partial charge in [0.15, 0.2) is 5.82 Å². The lowest BCUT2D eigenvalue weighted by atomic mass is 9.99. The topological polar surface area (TPSA) is 81.5 Å². The van der Waals surface area contributed by atoms with Gasteiger partial charge in [-0.25, -0.2) is 15.0 Å². The van der Waals surface area contributed by atoms with Crippen LogP contribution >= 0.6 is 23.9 Å². The molecule has 3 aromatic rings. The number of anilines is 2. The van der Waals surface area contributed by atoms with Crippen molar-refractivity contribution in [3.05, 3.63) is 64.5 Å². The highest BCUT2D eigenvalue weighted by Crippen LogP contribution is 2.37. The zero-order chi connectivity index (χ0) is 34.9. The Balaban J connectivity index is 1.42. The fraction of sp³-hybridized carbons (Fsp3) is 0.474. The molecule has 3 heterocycles. The Labute approximate surface area is 302 Å². The van der Waals surface area contributed by atoms with Gasteiger partial charge in [0.1, 0.15) is 11.6 Å². The third-order valence-electron chi connectivity index (χ3n) is 9.52. The summed E-state index contributed by atoms with van der Waals surface area (Å²) in [6.45, 7) is 19.3. The minimum atomic E-state index is -0.487. The van der Waals surface area contributed by atoms with Crippen LogP contribution in [0.4, 0.5) is 17.1 Å². The van der Waals surface area contributed by atoms with Gasteiger partial charge in [-0.3, -0.25) is 9.89 Å². The summed E-state index contributed by atoms with van der Waals surface area (Å²) in [4.78, 5) is 26.2. The van der Waals surface area contributed by atoms with E-state index in [2.05, 4.69) is 122 Å². The predicted octanol–water partition coefficient (Wildman–Crippen LogP) is 7.33. The van der Waals surface area contributed by atoms with E-state index in [1.807, 2.05) is 12.4 Å². The van der Waals surface area contributed by atoms with Crippen LogP contribution in [0.15, 0.2) is 63.4 Å². The van der Waals surface area contributed by atoms with E-state index >= 15 is 0 Å². The molecule has 0 amide bonds. The summed E-state index contributed by atoms with van der Waals surface area (Å²) in [7, 11) is 3.47. The second-order valence-electron chi connectivity index (χ2n) is 13.1. The van der Waals surface area contributed by atoms with Crippen molar-refractivity contribution < 1.29 is 4.74 Å². The first-order chi connectivity index (χ1) is 23.7. The summed E-state index contributed by atoms with van der Waals surface area (Å²) in [6, 6.07) is 11.4.